The van der Waals surface area contributed by atoms with Crippen molar-refractivity contribution < 1.29 is 107 Å². The third-order valence-corrected chi connectivity index (χ3v) is 16.8. The molecule has 2 aromatic carbocycles. The molecule has 41 heteroatoms. The zero-order valence-corrected chi connectivity index (χ0v) is 57.4. The summed E-state index contributed by atoms with van der Waals surface area (Å²) in [6.07, 6.45) is -0.596. The van der Waals surface area contributed by atoms with Gasteiger partial charge in [0.15, 0.2) is 0 Å². The van der Waals surface area contributed by atoms with Crippen molar-refractivity contribution in [3.8, 4) is 0 Å². The lowest BCUT2D eigenvalue weighted by Gasteiger charge is -2.31. The SMILES string of the molecule is CC(C)C(N)C(=O)NC(CO)C(=O)NC(CC(N)=O)C(=O)NC(CO)C(=O)NC(CC(N)=O)C(=O)NC(Cc1c[nH]c2ccccc12)C(=O)N1CCCC1C(=O)NC(CO)C(=O)NC(Cc1ccccc1)C(=O)N1CCCC1C(=O)NC(CO)C(=O)NC(CO)C(=O)NCC(=O)NCC(=O)NCC(N)=O. The molecular formula is C64H91N19O22. The van der Waals surface area contributed by atoms with E-state index in [-0.39, 0.29) is 51.6 Å². The van der Waals surface area contributed by atoms with Gasteiger partial charge in [0.05, 0.1) is 71.6 Å². The molecule has 0 radical (unpaired) electrons. The molecule has 0 aliphatic carbocycles. The van der Waals surface area contributed by atoms with E-state index >= 15 is 4.79 Å². The van der Waals surface area contributed by atoms with Crippen LogP contribution >= 0.6 is 0 Å². The molecule has 0 bridgehead atoms. The highest BCUT2D eigenvalue weighted by molar-refractivity contribution is 6.02. The minimum absolute atomic E-state index is 0.00268. The van der Waals surface area contributed by atoms with E-state index in [0.717, 1.165) is 9.80 Å². The Morgan fingerprint density at radius 3 is 1.25 bits per heavy atom. The van der Waals surface area contributed by atoms with Crippen LogP contribution in [0, 0.1) is 5.92 Å². The van der Waals surface area contributed by atoms with Gasteiger partial charge in [0.1, 0.15) is 66.5 Å². The van der Waals surface area contributed by atoms with Crippen LogP contribution in [0.4, 0.5) is 0 Å². The van der Waals surface area contributed by atoms with Crippen molar-refractivity contribution in [1.82, 2.24) is 78.6 Å². The van der Waals surface area contributed by atoms with E-state index in [1.165, 1.54) is 6.20 Å². The van der Waals surface area contributed by atoms with E-state index < -0.39 is 244 Å². The predicted octanol–water partition coefficient (Wildman–Crippen LogP) is -12.2. The largest absolute Gasteiger partial charge is 0.394 e. The standard InChI is InChI=1S/C64H91N19O22/c1-31(2)52(68)62(103)81-44(30-88)57(98)74-37(21-48(66)90)55(96)78-41(27-85)56(97)73-36(20-47(65)89)54(95)76-39(19-33-22-69-35-13-7-6-12-34(33)35)64(105)83-17-9-15-46(83)61(102)79-42(28-86)58(99)75-38(18-32-10-4-3-5-11-32)63(104)82-16-8-14-45(82)60(101)80-43(29-87)59(100)77-40(26-84)53(94)72-25-51(93)71-24-50(92)70-23-49(67)91/h3-7,10-13,22,31,36-46,52,69,84-88H,8-9,14-21,23-30,68H2,1-2H3,(H2,65,89)(H2,66,90)(H2,67,91)(H,70,92)(H,71,93)(H,72,94)(H,73,97)(H,74,98)(H,75,99)(H,76,95)(H,77,100)(H,78,96)(H,79,102)(H,80,101)(H,81,103). The number of amides is 17. The Kier molecular flexibility index (Phi) is 33.1. The van der Waals surface area contributed by atoms with Crippen molar-refractivity contribution >= 4 is 111 Å². The number of para-hydroxylation sites is 1. The number of aromatic amines is 1. The number of fused-ring (bicyclic) bond motifs is 1. The number of aromatic nitrogens is 1. The quantitative estimate of drug-likeness (QED) is 0.0251. The van der Waals surface area contributed by atoms with Crippen molar-refractivity contribution in [3.05, 3.63) is 71.9 Å². The van der Waals surface area contributed by atoms with Crippen LogP contribution in [-0.4, -0.2) is 279 Å². The highest BCUT2D eigenvalue weighted by atomic mass is 16.3. The molecule has 574 valence electrons. The van der Waals surface area contributed by atoms with Crippen molar-refractivity contribution in [2.24, 2.45) is 28.9 Å². The fourth-order valence-corrected chi connectivity index (χ4v) is 11.1. The Hall–Kier alpha value is -11.3. The first kappa shape index (κ1) is 84.4. The number of H-pyrrole nitrogens is 1. The molecular weight excluding hydrogens is 1390 g/mol. The highest BCUT2D eigenvalue weighted by Crippen LogP contribution is 2.25. The van der Waals surface area contributed by atoms with Crippen LogP contribution in [0.2, 0.25) is 0 Å². The van der Waals surface area contributed by atoms with Gasteiger partial charge in [-0.25, -0.2) is 0 Å². The summed E-state index contributed by atoms with van der Waals surface area (Å²) in [5, 5.41) is 78.7. The molecule has 2 fully saturated rings. The number of aliphatic hydroxyl groups excluding tert-OH is 5. The van der Waals surface area contributed by atoms with Gasteiger partial charge in [-0.3, -0.25) is 81.5 Å². The number of aliphatic hydroxyl groups is 5. The van der Waals surface area contributed by atoms with Crippen LogP contribution in [-0.2, 0) is 94.3 Å². The van der Waals surface area contributed by atoms with Crippen molar-refractivity contribution in [1.29, 1.82) is 0 Å². The number of hydrogen-bond donors (Lipinski definition) is 22. The topological polar surface area (TPSA) is 662 Å². The average Bonchev–Trinajstić information content (AvgIpc) is 1.70. The number of nitrogens with one attached hydrogen (secondary N) is 13. The van der Waals surface area contributed by atoms with Gasteiger partial charge in [-0.1, -0.05) is 62.4 Å². The number of carbonyl (C=O) groups is 17. The van der Waals surface area contributed by atoms with Crippen LogP contribution in [0.3, 0.4) is 0 Å². The van der Waals surface area contributed by atoms with Crippen molar-refractivity contribution in [3.63, 3.8) is 0 Å². The van der Waals surface area contributed by atoms with E-state index in [4.69, 9.17) is 22.9 Å². The molecule has 17 amide bonds. The number of benzene rings is 2. The molecule has 3 aromatic rings. The summed E-state index contributed by atoms with van der Waals surface area (Å²) < 4.78 is 0. The molecule has 12 atom stereocenters. The second-order valence-electron chi connectivity index (χ2n) is 24.9. The van der Waals surface area contributed by atoms with Crippen LogP contribution < -0.4 is 86.7 Å². The first-order chi connectivity index (χ1) is 49.8. The highest BCUT2D eigenvalue weighted by Gasteiger charge is 2.43. The third kappa shape index (κ3) is 25.3. The first-order valence-electron chi connectivity index (χ1n) is 33.2. The van der Waals surface area contributed by atoms with Crippen LogP contribution in [0.5, 0.6) is 0 Å². The van der Waals surface area contributed by atoms with Gasteiger partial charge in [0.25, 0.3) is 0 Å². The second-order valence-corrected chi connectivity index (χ2v) is 24.9. The molecule has 41 nitrogen and oxygen atoms in total. The molecule has 5 rings (SSSR count). The fourth-order valence-electron chi connectivity index (χ4n) is 11.1. The van der Waals surface area contributed by atoms with E-state index in [2.05, 4.69) is 68.8 Å². The molecule has 2 aliphatic rings. The summed E-state index contributed by atoms with van der Waals surface area (Å²) in [6, 6.07) is -5.03. The summed E-state index contributed by atoms with van der Waals surface area (Å²) in [4.78, 5) is 231. The number of carbonyl (C=O) groups excluding carboxylic acids is 17. The minimum Gasteiger partial charge on any atom is -0.394 e. The Labute approximate surface area is 599 Å². The molecule has 12 unspecified atom stereocenters. The van der Waals surface area contributed by atoms with E-state index in [0.29, 0.717) is 22.0 Å². The Morgan fingerprint density at radius 2 is 0.810 bits per heavy atom. The number of rotatable bonds is 41. The van der Waals surface area contributed by atoms with Gasteiger partial charge in [0, 0.05) is 43.0 Å². The number of hydrogen-bond acceptors (Lipinski definition) is 23. The second kappa shape index (κ2) is 41.1. The molecule has 105 heavy (non-hydrogen) atoms. The van der Waals surface area contributed by atoms with Gasteiger partial charge in [-0.2, -0.15) is 0 Å². The van der Waals surface area contributed by atoms with Crippen LogP contribution in [0.25, 0.3) is 10.9 Å². The molecule has 0 saturated carbocycles. The predicted molar refractivity (Wildman–Crippen MR) is 363 cm³/mol. The molecule has 2 saturated heterocycles. The number of nitrogens with two attached hydrogens (primary N) is 4. The van der Waals surface area contributed by atoms with Gasteiger partial charge in [-0.05, 0) is 48.8 Å². The van der Waals surface area contributed by atoms with Gasteiger partial charge >= 0.3 is 0 Å². The van der Waals surface area contributed by atoms with Crippen molar-refractivity contribution in [2.75, 3.05) is 65.8 Å². The molecule has 0 spiro atoms. The zero-order valence-electron chi connectivity index (χ0n) is 57.4. The summed E-state index contributed by atoms with van der Waals surface area (Å²) in [5.41, 5.74) is 23.2. The molecule has 1 aromatic heterocycles. The van der Waals surface area contributed by atoms with Crippen molar-refractivity contribution in [2.45, 2.75) is 138 Å². The minimum atomic E-state index is -2.02. The maximum atomic E-state index is 15.0. The lowest BCUT2D eigenvalue weighted by atomic mass is 10.0. The van der Waals surface area contributed by atoms with Gasteiger partial charge in [0.2, 0.25) is 100 Å². The average molecular weight is 1480 g/mol. The maximum Gasteiger partial charge on any atom is 0.246 e. The summed E-state index contributed by atoms with van der Waals surface area (Å²) >= 11 is 0. The number of primary amides is 3. The molecule has 26 N–H and O–H groups in total. The normalized spacial score (nSPS) is 16.8. The van der Waals surface area contributed by atoms with E-state index in [1.807, 2.05) is 0 Å². The summed E-state index contributed by atoms with van der Waals surface area (Å²) in [6.45, 7) is -4.28. The Balaban J connectivity index is 1.30. The summed E-state index contributed by atoms with van der Waals surface area (Å²) in [5.74, 6) is -18.4. The fraction of sp³-hybridized carbons (Fsp3) is 0.516. The first-order valence-corrected chi connectivity index (χ1v) is 33.2. The van der Waals surface area contributed by atoms with Crippen LogP contribution in [0.15, 0.2) is 60.8 Å². The molecule has 3 heterocycles. The number of nitrogens with zero attached hydrogens (tertiary/aromatic N) is 2. The monoisotopic (exact) mass is 1480 g/mol. The maximum absolute atomic E-state index is 15.0. The Morgan fingerprint density at radius 1 is 0.438 bits per heavy atom. The molecule has 2 aliphatic heterocycles. The number of likely N-dealkylation sites (tertiary alicyclic amines) is 2. The lowest BCUT2D eigenvalue weighted by molar-refractivity contribution is -0.144. The zero-order chi connectivity index (χ0) is 77.8. The Bertz CT molecular complexity index is 3650. The summed E-state index contributed by atoms with van der Waals surface area (Å²) in [7, 11) is 0. The van der Waals surface area contributed by atoms with Gasteiger partial charge < -0.3 is 127 Å². The van der Waals surface area contributed by atoms with E-state index in [1.54, 1.807) is 68.4 Å². The van der Waals surface area contributed by atoms with E-state index in [9.17, 15) is 102 Å². The smallest absolute Gasteiger partial charge is 0.246 e. The van der Waals surface area contributed by atoms with Gasteiger partial charge in [-0.15, -0.1) is 0 Å². The lowest BCUT2D eigenvalue weighted by Crippen LogP contribution is -2.62. The third-order valence-electron chi connectivity index (χ3n) is 16.8. The van der Waals surface area contributed by atoms with Crippen LogP contribution in [0.1, 0.15) is 63.5 Å².